The maximum atomic E-state index is 8.83. The summed E-state index contributed by atoms with van der Waals surface area (Å²) in [6, 6.07) is 10.3. The molecule has 0 spiro atoms. The van der Waals surface area contributed by atoms with Crippen LogP contribution in [0.5, 0.6) is 0 Å². The van der Waals surface area contributed by atoms with Crippen LogP contribution in [0.3, 0.4) is 0 Å². The molecule has 1 heteroatoms. The van der Waals surface area contributed by atoms with E-state index < -0.39 is 0 Å². The van der Waals surface area contributed by atoms with Gasteiger partial charge in [-0.15, -0.1) is 0 Å². The predicted octanol–water partition coefficient (Wildman–Crippen LogP) is 4.47. The molecular formula is C17H17N. The highest BCUT2D eigenvalue weighted by Crippen LogP contribution is 2.57. The lowest BCUT2D eigenvalue weighted by molar-refractivity contribution is 0.811. The molecule has 2 aliphatic rings. The molecule has 0 fully saturated rings. The van der Waals surface area contributed by atoms with Crippen LogP contribution in [0.2, 0.25) is 0 Å². The highest BCUT2D eigenvalue weighted by molar-refractivity contribution is 5.64. The standard InChI is InChI=1S/C17H17N/c1-2-4-13-5-3-6-15-16(13)17(15)14-9-7-12(11-18)8-10-14/h4,7-10,17H,2-3,5-6H2,1H3/b13-4+. The first kappa shape index (κ1) is 11.3. The van der Waals surface area contributed by atoms with Crippen LogP contribution in [0, 0.1) is 11.3 Å². The third-order valence-electron chi connectivity index (χ3n) is 3.96. The summed E-state index contributed by atoms with van der Waals surface area (Å²) in [5.74, 6) is 0.568. The van der Waals surface area contributed by atoms with E-state index in [1.165, 1.54) is 24.8 Å². The third-order valence-corrected chi connectivity index (χ3v) is 3.96. The zero-order chi connectivity index (χ0) is 12.5. The molecule has 0 saturated carbocycles. The molecule has 0 aliphatic heterocycles. The summed E-state index contributed by atoms with van der Waals surface area (Å²) in [5, 5.41) is 8.83. The Labute approximate surface area is 108 Å². The van der Waals surface area contributed by atoms with Crippen LogP contribution in [-0.4, -0.2) is 0 Å². The van der Waals surface area contributed by atoms with Gasteiger partial charge in [-0.25, -0.2) is 0 Å². The second-order valence-corrected chi connectivity index (χ2v) is 5.10. The van der Waals surface area contributed by atoms with Crippen LogP contribution in [-0.2, 0) is 0 Å². The summed E-state index contributed by atoms with van der Waals surface area (Å²) in [7, 11) is 0. The topological polar surface area (TPSA) is 23.8 Å². The average Bonchev–Trinajstić information content (AvgIpc) is 3.15. The summed E-state index contributed by atoms with van der Waals surface area (Å²) in [4.78, 5) is 0. The Morgan fingerprint density at radius 2 is 2.06 bits per heavy atom. The van der Waals surface area contributed by atoms with E-state index in [0.717, 1.165) is 12.0 Å². The predicted molar refractivity (Wildman–Crippen MR) is 73.1 cm³/mol. The lowest BCUT2D eigenvalue weighted by atomic mass is 9.99. The number of benzene rings is 1. The minimum absolute atomic E-state index is 0.568. The second kappa shape index (κ2) is 4.46. The molecular weight excluding hydrogens is 218 g/mol. The monoisotopic (exact) mass is 235 g/mol. The molecule has 0 heterocycles. The summed E-state index contributed by atoms with van der Waals surface area (Å²) >= 11 is 0. The van der Waals surface area contributed by atoms with Gasteiger partial charge in [0.2, 0.25) is 0 Å². The Kier molecular flexibility index (Phi) is 2.80. The highest BCUT2D eigenvalue weighted by atomic mass is 14.4. The fraction of sp³-hybridized carbons (Fsp3) is 0.353. The van der Waals surface area contributed by atoms with Gasteiger partial charge in [-0.3, -0.25) is 0 Å². The Balaban J connectivity index is 1.85. The fourth-order valence-electron chi connectivity index (χ4n) is 3.12. The largest absolute Gasteiger partial charge is 0.192 e. The van der Waals surface area contributed by atoms with Crippen LogP contribution in [0.1, 0.15) is 49.7 Å². The summed E-state index contributed by atoms with van der Waals surface area (Å²) in [5.41, 5.74) is 6.94. The molecule has 0 saturated heterocycles. The summed E-state index contributed by atoms with van der Waals surface area (Å²) in [6.07, 6.45) is 7.34. The van der Waals surface area contributed by atoms with Gasteiger partial charge >= 0.3 is 0 Å². The van der Waals surface area contributed by atoms with Crippen molar-refractivity contribution in [1.29, 1.82) is 5.26 Å². The Morgan fingerprint density at radius 3 is 2.72 bits per heavy atom. The van der Waals surface area contributed by atoms with Crippen molar-refractivity contribution >= 4 is 0 Å². The van der Waals surface area contributed by atoms with Crippen molar-refractivity contribution in [3.63, 3.8) is 0 Å². The molecule has 2 aliphatic carbocycles. The lowest BCUT2D eigenvalue weighted by Gasteiger charge is -2.05. The van der Waals surface area contributed by atoms with Crippen molar-refractivity contribution in [2.24, 2.45) is 0 Å². The van der Waals surface area contributed by atoms with E-state index in [4.69, 9.17) is 5.26 Å². The van der Waals surface area contributed by atoms with E-state index in [0.29, 0.717) is 5.92 Å². The molecule has 1 aromatic carbocycles. The molecule has 0 amide bonds. The Bertz CT molecular complexity index is 567. The van der Waals surface area contributed by atoms with E-state index in [-0.39, 0.29) is 0 Å². The van der Waals surface area contributed by atoms with Crippen molar-refractivity contribution in [2.45, 2.75) is 38.5 Å². The van der Waals surface area contributed by atoms with E-state index in [2.05, 4.69) is 31.2 Å². The van der Waals surface area contributed by atoms with Gasteiger partial charge in [0, 0.05) is 5.92 Å². The van der Waals surface area contributed by atoms with Crippen LogP contribution >= 0.6 is 0 Å². The minimum Gasteiger partial charge on any atom is -0.192 e. The van der Waals surface area contributed by atoms with Crippen LogP contribution in [0.4, 0.5) is 0 Å². The maximum absolute atomic E-state index is 8.83. The van der Waals surface area contributed by atoms with E-state index in [9.17, 15) is 0 Å². The van der Waals surface area contributed by atoms with E-state index in [1.54, 1.807) is 16.7 Å². The Hall–Kier alpha value is -1.81. The Morgan fingerprint density at radius 1 is 1.28 bits per heavy atom. The maximum Gasteiger partial charge on any atom is 0.0991 e. The van der Waals surface area contributed by atoms with Gasteiger partial charge < -0.3 is 0 Å². The molecule has 0 N–H and O–H groups in total. The molecule has 1 unspecified atom stereocenters. The van der Waals surface area contributed by atoms with E-state index >= 15 is 0 Å². The second-order valence-electron chi connectivity index (χ2n) is 5.10. The van der Waals surface area contributed by atoms with Crippen LogP contribution in [0.25, 0.3) is 0 Å². The quantitative estimate of drug-likeness (QED) is 0.741. The van der Waals surface area contributed by atoms with Gasteiger partial charge in [0.15, 0.2) is 0 Å². The number of nitriles is 1. The zero-order valence-corrected chi connectivity index (χ0v) is 10.7. The minimum atomic E-state index is 0.568. The molecule has 1 aromatic rings. The number of allylic oxidation sites excluding steroid dienone is 4. The van der Waals surface area contributed by atoms with E-state index in [1.807, 2.05) is 12.1 Å². The van der Waals surface area contributed by atoms with Crippen molar-refractivity contribution in [3.8, 4) is 6.07 Å². The first-order chi connectivity index (χ1) is 8.85. The number of hydrogen-bond acceptors (Lipinski definition) is 1. The molecule has 18 heavy (non-hydrogen) atoms. The number of hydrogen-bond donors (Lipinski definition) is 0. The summed E-state index contributed by atoms with van der Waals surface area (Å²) < 4.78 is 0. The molecule has 90 valence electrons. The summed E-state index contributed by atoms with van der Waals surface area (Å²) in [6.45, 7) is 2.21. The average molecular weight is 235 g/mol. The molecule has 0 bridgehead atoms. The van der Waals surface area contributed by atoms with Crippen molar-refractivity contribution in [3.05, 3.63) is 58.2 Å². The van der Waals surface area contributed by atoms with Gasteiger partial charge in [0.25, 0.3) is 0 Å². The van der Waals surface area contributed by atoms with Gasteiger partial charge in [-0.05, 0) is 54.5 Å². The normalized spacial score (nSPS) is 23.8. The fourth-order valence-corrected chi connectivity index (χ4v) is 3.12. The molecule has 1 atom stereocenters. The van der Waals surface area contributed by atoms with Gasteiger partial charge in [0.05, 0.1) is 11.6 Å². The molecule has 0 radical (unpaired) electrons. The lowest BCUT2D eigenvalue weighted by Crippen LogP contribution is -1.87. The molecule has 3 rings (SSSR count). The smallest absolute Gasteiger partial charge is 0.0991 e. The van der Waals surface area contributed by atoms with Crippen molar-refractivity contribution in [1.82, 2.24) is 0 Å². The van der Waals surface area contributed by atoms with Crippen molar-refractivity contribution < 1.29 is 0 Å². The number of rotatable bonds is 2. The van der Waals surface area contributed by atoms with Crippen LogP contribution in [0.15, 0.2) is 47.1 Å². The molecule has 1 nitrogen and oxygen atoms in total. The molecule has 0 aromatic heterocycles. The van der Waals surface area contributed by atoms with Gasteiger partial charge in [0.1, 0.15) is 0 Å². The first-order valence-corrected chi connectivity index (χ1v) is 6.77. The zero-order valence-electron chi connectivity index (χ0n) is 10.7. The third kappa shape index (κ3) is 1.78. The SMILES string of the molecule is CC/C=C1\CCCC2=C1C2c1ccc(C#N)cc1. The highest BCUT2D eigenvalue weighted by Gasteiger charge is 2.40. The van der Waals surface area contributed by atoms with Gasteiger partial charge in [-0.1, -0.05) is 30.7 Å². The van der Waals surface area contributed by atoms with Gasteiger partial charge in [-0.2, -0.15) is 5.26 Å². The van der Waals surface area contributed by atoms with Crippen molar-refractivity contribution in [2.75, 3.05) is 0 Å². The number of nitrogens with zero attached hydrogens (tertiary/aromatic N) is 1. The first-order valence-electron chi connectivity index (χ1n) is 6.77. The van der Waals surface area contributed by atoms with Crippen LogP contribution < -0.4 is 0 Å².